The van der Waals surface area contributed by atoms with Gasteiger partial charge in [0.2, 0.25) is 0 Å². The van der Waals surface area contributed by atoms with Crippen molar-refractivity contribution in [1.82, 2.24) is 5.32 Å². The summed E-state index contributed by atoms with van der Waals surface area (Å²) in [5, 5.41) is 5.07. The number of piperidine rings is 1. The largest absolute Gasteiger partial charge is 0.497 e. The highest BCUT2D eigenvalue weighted by molar-refractivity contribution is 7.12. The number of benzene rings is 1. The maximum atomic E-state index is 12.1. The molecule has 1 N–H and O–H groups in total. The molecule has 1 saturated heterocycles. The van der Waals surface area contributed by atoms with Crippen LogP contribution in [-0.4, -0.2) is 32.1 Å². The zero-order chi connectivity index (χ0) is 15.4. The number of carbonyl (C=O) groups is 1. The average Bonchev–Trinajstić information content (AvgIpc) is 3.10. The van der Waals surface area contributed by atoms with Crippen molar-refractivity contribution >= 4 is 22.9 Å². The van der Waals surface area contributed by atoms with Crippen LogP contribution < -0.4 is 15.0 Å². The second kappa shape index (κ2) is 6.83. The molecule has 22 heavy (non-hydrogen) atoms. The van der Waals surface area contributed by atoms with E-state index in [4.69, 9.17) is 4.74 Å². The third kappa shape index (κ3) is 3.42. The highest BCUT2D eigenvalue weighted by Crippen LogP contribution is 2.23. The molecule has 4 nitrogen and oxygen atoms in total. The molecule has 1 aromatic carbocycles. The van der Waals surface area contributed by atoms with E-state index in [9.17, 15) is 4.79 Å². The first-order valence-corrected chi connectivity index (χ1v) is 8.37. The Hall–Kier alpha value is -2.01. The molecule has 0 atom stereocenters. The standard InChI is InChI=1S/C17H20N2O2S/c1-21-15-6-4-14(5-7-15)19-10-8-13(9-11-19)18-17(20)16-3-2-12-22-16/h2-7,12-13H,8-11H2,1H3,(H,18,20). The Kier molecular flexibility index (Phi) is 4.63. The first-order chi connectivity index (χ1) is 10.8. The summed E-state index contributed by atoms with van der Waals surface area (Å²) in [4.78, 5) is 15.2. The summed E-state index contributed by atoms with van der Waals surface area (Å²) >= 11 is 1.49. The van der Waals surface area contributed by atoms with Gasteiger partial charge in [0.15, 0.2) is 0 Å². The molecule has 0 spiro atoms. The number of amides is 1. The number of thiophene rings is 1. The summed E-state index contributed by atoms with van der Waals surface area (Å²) in [7, 11) is 1.68. The highest BCUT2D eigenvalue weighted by atomic mass is 32.1. The van der Waals surface area contributed by atoms with Crippen LogP contribution in [0, 0.1) is 0 Å². The van der Waals surface area contributed by atoms with Gasteiger partial charge in [0.05, 0.1) is 12.0 Å². The number of nitrogens with zero attached hydrogens (tertiary/aromatic N) is 1. The molecule has 1 fully saturated rings. The molecule has 0 aliphatic carbocycles. The molecule has 0 radical (unpaired) electrons. The fourth-order valence-corrected chi connectivity index (χ4v) is 3.37. The molecule has 1 aliphatic rings. The van der Waals surface area contributed by atoms with Gasteiger partial charge in [-0.3, -0.25) is 4.79 Å². The van der Waals surface area contributed by atoms with E-state index < -0.39 is 0 Å². The lowest BCUT2D eigenvalue weighted by atomic mass is 10.0. The van der Waals surface area contributed by atoms with Crippen LogP contribution in [0.2, 0.25) is 0 Å². The van der Waals surface area contributed by atoms with E-state index in [0.717, 1.165) is 36.6 Å². The summed E-state index contributed by atoms with van der Waals surface area (Å²) in [5.41, 5.74) is 1.21. The molecule has 1 amide bonds. The van der Waals surface area contributed by atoms with Gasteiger partial charge in [0, 0.05) is 24.8 Å². The van der Waals surface area contributed by atoms with Crippen LogP contribution in [0.15, 0.2) is 41.8 Å². The smallest absolute Gasteiger partial charge is 0.261 e. The minimum atomic E-state index is 0.0536. The third-order valence-electron chi connectivity index (χ3n) is 4.01. The number of rotatable bonds is 4. The van der Waals surface area contributed by atoms with Crippen LogP contribution in [0.25, 0.3) is 0 Å². The monoisotopic (exact) mass is 316 g/mol. The van der Waals surface area contributed by atoms with E-state index in [-0.39, 0.29) is 11.9 Å². The van der Waals surface area contributed by atoms with Crippen LogP contribution in [0.1, 0.15) is 22.5 Å². The minimum Gasteiger partial charge on any atom is -0.497 e. The van der Waals surface area contributed by atoms with Crippen molar-refractivity contribution in [2.75, 3.05) is 25.1 Å². The second-order valence-electron chi connectivity index (χ2n) is 5.41. The molecule has 0 bridgehead atoms. The number of carbonyl (C=O) groups excluding carboxylic acids is 1. The predicted molar refractivity (Wildman–Crippen MR) is 90.0 cm³/mol. The van der Waals surface area contributed by atoms with Crippen LogP contribution in [0.3, 0.4) is 0 Å². The Bertz CT molecular complexity index is 602. The number of anilines is 1. The molecule has 116 valence electrons. The second-order valence-corrected chi connectivity index (χ2v) is 6.36. The first kappa shape index (κ1) is 14.9. The normalized spacial score (nSPS) is 15.6. The summed E-state index contributed by atoms with van der Waals surface area (Å²) in [6.45, 7) is 1.92. The zero-order valence-corrected chi connectivity index (χ0v) is 13.4. The summed E-state index contributed by atoms with van der Waals surface area (Å²) in [5.74, 6) is 0.930. The van der Waals surface area contributed by atoms with Crippen molar-refractivity contribution < 1.29 is 9.53 Å². The zero-order valence-electron chi connectivity index (χ0n) is 12.6. The van der Waals surface area contributed by atoms with Gasteiger partial charge in [-0.15, -0.1) is 11.3 Å². The van der Waals surface area contributed by atoms with Gasteiger partial charge in [-0.05, 0) is 48.6 Å². The number of hydrogen-bond acceptors (Lipinski definition) is 4. The molecule has 1 aromatic heterocycles. The van der Waals surface area contributed by atoms with Crippen molar-refractivity contribution in [3.05, 3.63) is 46.7 Å². The van der Waals surface area contributed by atoms with Crippen molar-refractivity contribution in [3.63, 3.8) is 0 Å². The molecule has 2 aromatic rings. The summed E-state index contributed by atoms with van der Waals surface area (Å²) in [6, 6.07) is 12.2. The number of methoxy groups -OCH3 is 1. The number of ether oxygens (including phenoxy) is 1. The Balaban J connectivity index is 1.52. The Morgan fingerprint density at radius 1 is 1.23 bits per heavy atom. The van der Waals surface area contributed by atoms with Gasteiger partial charge in [-0.25, -0.2) is 0 Å². The lowest BCUT2D eigenvalue weighted by Gasteiger charge is -2.34. The summed E-state index contributed by atoms with van der Waals surface area (Å²) < 4.78 is 5.19. The Labute approximate surface area is 134 Å². The molecular weight excluding hydrogens is 296 g/mol. The van der Waals surface area contributed by atoms with Crippen LogP contribution in [0.5, 0.6) is 5.75 Å². The fourth-order valence-electron chi connectivity index (χ4n) is 2.74. The third-order valence-corrected chi connectivity index (χ3v) is 4.88. The minimum absolute atomic E-state index is 0.0536. The maximum absolute atomic E-state index is 12.1. The maximum Gasteiger partial charge on any atom is 0.261 e. The lowest BCUT2D eigenvalue weighted by Crippen LogP contribution is -2.44. The fraction of sp³-hybridized carbons (Fsp3) is 0.353. The van der Waals surface area contributed by atoms with Crippen LogP contribution in [0.4, 0.5) is 5.69 Å². The molecule has 0 unspecified atom stereocenters. The Morgan fingerprint density at radius 3 is 2.55 bits per heavy atom. The van der Waals surface area contributed by atoms with Crippen molar-refractivity contribution in [1.29, 1.82) is 0 Å². The molecular formula is C17H20N2O2S. The number of hydrogen-bond donors (Lipinski definition) is 1. The van der Waals surface area contributed by atoms with Gasteiger partial charge < -0.3 is 15.0 Å². The van der Waals surface area contributed by atoms with Crippen LogP contribution >= 0.6 is 11.3 Å². The van der Waals surface area contributed by atoms with Gasteiger partial charge in [0.25, 0.3) is 5.91 Å². The number of nitrogens with one attached hydrogen (secondary N) is 1. The van der Waals surface area contributed by atoms with Gasteiger partial charge >= 0.3 is 0 Å². The van der Waals surface area contributed by atoms with E-state index in [2.05, 4.69) is 22.3 Å². The predicted octanol–water partition coefficient (Wildman–Crippen LogP) is 3.16. The molecule has 5 heteroatoms. The molecule has 3 rings (SSSR count). The summed E-state index contributed by atoms with van der Waals surface area (Å²) in [6.07, 6.45) is 1.95. The van der Waals surface area contributed by atoms with E-state index >= 15 is 0 Å². The van der Waals surface area contributed by atoms with Gasteiger partial charge in [0.1, 0.15) is 5.75 Å². The van der Waals surface area contributed by atoms with Gasteiger partial charge in [-0.2, -0.15) is 0 Å². The lowest BCUT2D eigenvalue weighted by molar-refractivity contribution is 0.0935. The van der Waals surface area contributed by atoms with Crippen molar-refractivity contribution in [3.8, 4) is 5.75 Å². The quantitative estimate of drug-likeness (QED) is 0.942. The topological polar surface area (TPSA) is 41.6 Å². The van der Waals surface area contributed by atoms with E-state index in [1.165, 1.54) is 17.0 Å². The van der Waals surface area contributed by atoms with Crippen molar-refractivity contribution in [2.24, 2.45) is 0 Å². The SMILES string of the molecule is COc1ccc(N2CCC(NC(=O)c3cccs3)CC2)cc1. The van der Waals surface area contributed by atoms with Crippen LogP contribution in [-0.2, 0) is 0 Å². The van der Waals surface area contributed by atoms with E-state index in [0.29, 0.717) is 0 Å². The molecule has 1 aliphatic heterocycles. The van der Waals surface area contributed by atoms with Crippen molar-refractivity contribution in [2.45, 2.75) is 18.9 Å². The highest BCUT2D eigenvalue weighted by Gasteiger charge is 2.21. The molecule has 0 saturated carbocycles. The van der Waals surface area contributed by atoms with Gasteiger partial charge in [-0.1, -0.05) is 6.07 Å². The Morgan fingerprint density at radius 2 is 1.95 bits per heavy atom. The molecule has 2 heterocycles. The first-order valence-electron chi connectivity index (χ1n) is 7.49. The van der Waals surface area contributed by atoms with E-state index in [1.807, 2.05) is 29.6 Å². The average molecular weight is 316 g/mol. The van der Waals surface area contributed by atoms with E-state index in [1.54, 1.807) is 7.11 Å².